The molecule has 3 N–H and O–H groups in total. The van der Waals surface area contributed by atoms with Gasteiger partial charge in [0.1, 0.15) is 18.5 Å². The maximum atomic E-state index is 5.25. The van der Waals surface area contributed by atoms with Crippen LogP contribution in [-0.2, 0) is 7.05 Å². The highest BCUT2D eigenvalue weighted by molar-refractivity contribution is 5.35. The predicted octanol–water partition coefficient (Wildman–Crippen LogP) is -0.317. The van der Waals surface area contributed by atoms with Gasteiger partial charge in [-0.2, -0.15) is 4.98 Å². The van der Waals surface area contributed by atoms with E-state index in [1.54, 1.807) is 7.05 Å². The van der Waals surface area contributed by atoms with E-state index >= 15 is 0 Å². The molecule has 0 unspecified atom stereocenters. The fourth-order valence-electron chi connectivity index (χ4n) is 0.934. The van der Waals surface area contributed by atoms with Crippen molar-refractivity contribution in [2.75, 3.05) is 5.43 Å². The summed E-state index contributed by atoms with van der Waals surface area (Å²) >= 11 is 0. The van der Waals surface area contributed by atoms with Crippen LogP contribution in [0, 0.1) is 0 Å². The van der Waals surface area contributed by atoms with Gasteiger partial charge in [-0.05, 0) is 0 Å². The zero-order chi connectivity index (χ0) is 10.7. The van der Waals surface area contributed by atoms with E-state index in [1.165, 1.54) is 23.4 Å². The Balaban J connectivity index is 2.16. The van der Waals surface area contributed by atoms with E-state index in [2.05, 4.69) is 25.5 Å². The number of aromatic nitrogens is 5. The van der Waals surface area contributed by atoms with Gasteiger partial charge in [-0.3, -0.25) is 4.68 Å². The lowest BCUT2D eigenvalue weighted by atomic mass is 10.6. The van der Waals surface area contributed by atoms with Crippen molar-refractivity contribution in [1.82, 2.24) is 24.7 Å². The number of hydrogen-bond donors (Lipinski definition) is 2. The number of rotatable bonds is 3. The average Bonchev–Trinajstić information content (AvgIpc) is 2.64. The minimum Gasteiger partial charge on any atom is -0.404 e. The molecule has 0 aliphatic heterocycles. The number of nitrogens with one attached hydrogen (secondary N) is 1. The average molecular weight is 207 g/mol. The fourth-order valence-corrected chi connectivity index (χ4v) is 0.934. The Morgan fingerprint density at radius 1 is 1.40 bits per heavy atom. The normalized spacial score (nSPS) is 10.0. The molecule has 0 aliphatic carbocycles. The van der Waals surface area contributed by atoms with Crippen LogP contribution in [0.3, 0.4) is 0 Å². The molecule has 0 saturated heterocycles. The van der Waals surface area contributed by atoms with Gasteiger partial charge in [0.05, 0.1) is 0 Å². The highest BCUT2D eigenvalue weighted by atomic mass is 16.5. The molecular weight excluding hydrogens is 198 g/mol. The molecular formula is C7H9N7O. The zero-order valence-electron chi connectivity index (χ0n) is 7.95. The first kappa shape index (κ1) is 9.34. The van der Waals surface area contributed by atoms with Crippen molar-refractivity contribution >= 4 is 5.82 Å². The third-order valence-corrected chi connectivity index (χ3v) is 1.56. The van der Waals surface area contributed by atoms with Crippen LogP contribution < -0.4 is 16.0 Å². The summed E-state index contributed by atoms with van der Waals surface area (Å²) < 4.78 is 6.78. The van der Waals surface area contributed by atoms with Crippen molar-refractivity contribution in [3.8, 4) is 11.9 Å². The third-order valence-electron chi connectivity index (χ3n) is 1.56. The molecule has 78 valence electrons. The van der Waals surface area contributed by atoms with Gasteiger partial charge in [0.25, 0.3) is 0 Å². The Kier molecular flexibility index (Phi) is 2.42. The molecule has 0 aliphatic rings. The van der Waals surface area contributed by atoms with Gasteiger partial charge in [-0.1, -0.05) is 0 Å². The van der Waals surface area contributed by atoms with E-state index in [1.807, 2.05) is 0 Å². The highest BCUT2D eigenvalue weighted by Gasteiger charge is 2.03. The van der Waals surface area contributed by atoms with Crippen LogP contribution in [0.5, 0.6) is 11.9 Å². The van der Waals surface area contributed by atoms with Gasteiger partial charge in [0, 0.05) is 13.1 Å². The number of nitrogens with two attached hydrogens (primary N) is 1. The first-order chi connectivity index (χ1) is 7.28. The number of anilines is 1. The number of ether oxygens (including phenoxy) is 1. The fraction of sp³-hybridized carbons (Fsp3) is 0.143. The van der Waals surface area contributed by atoms with Gasteiger partial charge < -0.3 is 10.2 Å². The van der Waals surface area contributed by atoms with E-state index in [0.29, 0.717) is 11.7 Å². The zero-order valence-corrected chi connectivity index (χ0v) is 7.95. The first-order valence-corrected chi connectivity index (χ1v) is 4.10. The van der Waals surface area contributed by atoms with Crippen LogP contribution in [0.1, 0.15) is 0 Å². The van der Waals surface area contributed by atoms with Crippen molar-refractivity contribution in [3.63, 3.8) is 0 Å². The molecule has 8 nitrogen and oxygen atoms in total. The number of hydrogen-bond acceptors (Lipinski definition) is 7. The summed E-state index contributed by atoms with van der Waals surface area (Å²) in [4.78, 5) is 11.6. The summed E-state index contributed by atoms with van der Waals surface area (Å²) in [6.07, 6.45) is 2.85. The lowest BCUT2D eigenvalue weighted by Crippen LogP contribution is -2.08. The topological polar surface area (TPSA) is 104 Å². The van der Waals surface area contributed by atoms with Crippen LogP contribution in [0.15, 0.2) is 18.7 Å². The first-order valence-electron chi connectivity index (χ1n) is 4.10. The van der Waals surface area contributed by atoms with Crippen molar-refractivity contribution in [3.05, 3.63) is 18.7 Å². The monoisotopic (exact) mass is 207 g/mol. The minimum absolute atomic E-state index is 0.221. The molecule has 0 spiro atoms. The molecule has 2 heterocycles. The predicted molar refractivity (Wildman–Crippen MR) is 50.9 cm³/mol. The number of hydrazine groups is 1. The van der Waals surface area contributed by atoms with Crippen molar-refractivity contribution in [2.24, 2.45) is 12.9 Å². The molecule has 0 saturated carbocycles. The minimum atomic E-state index is 0.221. The largest absolute Gasteiger partial charge is 0.404 e. The van der Waals surface area contributed by atoms with Gasteiger partial charge in [0.2, 0.25) is 5.88 Å². The van der Waals surface area contributed by atoms with Gasteiger partial charge in [-0.25, -0.2) is 15.8 Å². The van der Waals surface area contributed by atoms with Crippen LogP contribution in [-0.4, -0.2) is 24.7 Å². The lowest BCUT2D eigenvalue weighted by molar-refractivity contribution is 0.422. The second-order valence-corrected chi connectivity index (χ2v) is 2.69. The lowest BCUT2D eigenvalue weighted by Gasteiger charge is -2.01. The maximum Gasteiger partial charge on any atom is 0.342 e. The number of nitrogen functional groups attached to an aromatic ring is 1. The van der Waals surface area contributed by atoms with Gasteiger partial charge in [0.15, 0.2) is 0 Å². The second-order valence-electron chi connectivity index (χ2n) is 2.69. The van der Waals surface area contributed by atoms with E-state index in [4.69, 9.17) is 10.6 Å². The molecule has 0 atom stereocenters. The summed E-state index contributed by atoms with van der Waals surface area (Å²) in [5.74, 6) is 5.96. The summed E-state index contributed by atoms with van der Waals surface area (Å²) in [6.45, 7) is 0. The molecule has 0 bridgehead atoms. The molecule has 2 rings (SSSR count). The maximum absolute atomic E-state index is 5.25. The second kappa shape index (κ2) is 3.88. The summed E-state index contributed by atoms with van der Waals surface area (Å²) in [7, 11) is 1.74. The standard InChI is InChI=1S/C7H9N7O/c1-14-4-11-7(13-14)15-6-2-5(12-8)9-3-10-6/h2-4H,8H2,1H3,(H,9,10,12). The van der Waals surface area contributed by atoms with E-state index in [9.17, 15) is 0 Å². The Labute approximate surface area is 85.1 Å². The number of nitrogens with zero attached hydrogens (tertiary/aromatic N) is 5. The van der Waals surface area contributed by atoms with Crippen LogP contribution >= 0.6 is 0 Å². The van der Waals surface area contributed by atoms with Crippen LogP contribution in [0.25, 0.3) is 0 Å². The van der Waals surface area contributed by atoms with Crippen molar-refractivity contribution in [2.45, 2.75) is 0 Å². The van der Waals surface area contributed by atoms with Crippen molar-refractivity contribution in [1.29, 1.82) is 0 Å². The highest BCUT2D eigenvalue weighted by Crippen LogP contribution is 2.15. The Bertz CT molecular complexity index is 454. The Morgan fingerprint density at radius 2 is 2.27 bits per heavy atom. The summed E-state index contributed by atoms with van der Waals surface area (Å²) in [5, 5.41) is 3.93. The van der Waals surface area contributed by atoms with Crippen LogP contribution in [0.2, 0.25) is 0 Å². The van der Waals surface area contributed by atoms with E-state index < -0.39 is 0 Å². The van der Waals surface area contributed by atoms with Crippen molar-refractivity contribution < 1.29 is 4.74 Å². The Morgan fingerprint density at radius 3 is 2.93 bits per heavy atom. The molecule has 0 radical (unpaired) electrons. The summed E-state index contributed by atoms with van der Waals surface area (Å²) in [6, 6.07) is 1.76. The smallest absolute Gasteiger partial charge is 0.342 e. The third kappa shape index (κ3) is 2.17. The molecule has 2 aromatic rings. The Hall–Kier alpha value is -2.22. The molecule has 15 heavy (non-hydrogen) atoms. The number of aryl methyl sites for hydroxylation is 1. The van der Waals surface area contributed by atoms with E-state index in [-0.39, 0.29) is 6.01 Å². The molecule has 0 amide bonds. The van der Waals surface area contributed by atoms with Gasteiger partial charge >= 0.3 is 6.01 Å². The molecule has 0 aromatic carbocycles. The molecule has 8 heteroatoms. The quantitative estimate of drug-likeness (QED) is 0.525. The SMILES string of the molecule is Cn1cnc(Oc2cc(NN)ncn2)n1. The van der Waals surface area contributed by atoms with Gasteiger partial charge in [-0.15, -0.1) is 5.10 Å². The van der Waals surface area contributed by atoms with E-state index in [0.717, 1.165) is 0 Å². The molecule has 2 aromatic heterocycles. The summed E-state index contributed by atoms with van der Waals surface area (Å²) in [5.41, 5.74) is 2.38. The molecule has 0 fully saturated rings. The van der Waals surface area contributed by atoms with Crippen LogP contribution in [0.4, 0.5) is 5.82 Å².